The molecule has 0 saturated heterocycles. The minimum absolute atomic E-state index is 0.0533. The number of alkyl halides is 1. The predicted molar refractivity (Wildman–Crippen MR) is 55.0 cm³/mol. The summed E-state index contributed by atoms with van der Waals surface area (Å²) in [6, 6.07) is 7.16. The zero-order valence-electron chi connectivity index (χ0n) is 7.63. The van der Waals surface area contributed by atoms with E-state index in [1.165, 1.54) is 0 Å². The Hall–Kier alpha value is -1.06. The molecule has 3 nitrogen and oxygen atoms in total. The quantitative estimate of drug-likeness (QED) is 0.761. The molecule has 0 aliphatic rings. The SMILES string of the molecule is [O]CCc1ccc(NC(=O)CCl)cc1. The standard InChI is InChI=1S/C10H11ClNO2/c11-7-10(14)12-9-3-1-8(2-4-9)5-6-13/h1-4H,5-7H2,(H,12,14). The van der Waals surface area contributed by atoms with Crippen LogP contribution in [0.25, 0.3) is 0 Å². The highest BCUT2D eigenvalue weighted by Gasteiger charge is 1.99. The summed E-state index contributed by atoms with van der Waals surface area (Å²) in [5.74, 6) is -0.286. The molecule has 1 N–H and O–H groups in total. The van der Waals surface area contributed by atoms with E-state index in [4.69, 9.17) is 11.6 Å². The van der Waals surface area contributed by atoms with E-state index in [0.29, 0.717) is 12.1 Å². The van der Waals surface area contributed by atoms with Gasteiger partial charge >= 0.3 is 0 Å². The third-order valence-corrected chi connectivity index (χ3v) is 1.99. The van der Waals surface area contributed by atoms with Gasteiger partial charge in [-0.2, -0.15) is 0 Å². The average Bonchev–Trinajstić information content (AvgIpc) is 2.21. The molecule has 0 spiro atoms. The summed E-state index contributed by atoms with van der Waals surface area (Å²) >= 11 is 5.33. The third-order valence-electron chi connectivity index (χ3n) is 1.75. The van der Waals surface area contributed by atoms with Gasteiger partial charge in [0.25, 0.3) is 0 Å². The van der Waals surface area contributed by atoms with E-state index >= 15 is 0 Å². The lowest BCUT2D eigenvalue weighted by molar-refractivity contribution is -0.113. The fraction of sp³-hybridized carbons (Fsp3) is 0.300. The number of benzene rings is 1. The Morgan fingerprint density at radius 2 is 1.93 bits per heavy atom. The van der Waals surface area contributed by atoms with Gasteiger partial charge in [0.15, 0.2) is 0 Å². The summed E-state index contributed by atoms with van der Waals surface area (Å²) < 4.78 is 0. The Labute approximate surface area is 87.7 Å². The molecule has 4 heteroatoms. The molecule has 14 heavy (non-hydrogen) atoms. The van der Waals surface area contributed by atoms with Crippen LogP contribution in [0.3, 0.4) is 0 Å². The van der Waals surface area contributed by atoms with Crippen LogP contribution in [0, 0.1) is 0 Å². The Morgan fingerprint density at radius 3 is 2.43 bits per heavy atom. The maximum Gasteiger partial charge on any atom is 0.239 e. The van der Waals surface area contributed by atoms with Gasteiger partial charge in [0.1, 0.15) is 5.88 Å². The molecule has 0 fully saturated rings. The lowest BCUT2D eigenvalue weighted by Gasteiger charge is -2.03. The van der Waals surface area contributed by atoms with Gasteiger partial charge in [-0.05, 0) is 24.1 Å². The van der Waals surface area contributed by atoms with Gasteiger partial charge in [-0.15, -0.1) is 11.6 Å². The van der Waals surface area contributed by atoms with Crippen molar-refractivity contribution in [2.24, 2.45) is 0 Å². The molecule has 75 valence electrons. The highest BCUT2D eigenvalue weighted by atomic mass is 35.5. The van der Waals surface area contributed by atoms with E-state index in [1.807, 2.05) is 12.1 Å². The predicted octanol–water partition coefficient (Wildman–Crippen LogP) is 1.84. The monoisotopic (exact) mass is 212 g/mol. The summed E-state index contributed by atoms with van der Waals surface area (Å²) in [5.41, 5.74) is 1.68. The van der Waals surface area contributed by atoms with Crippen LogP contribution in [0.4, 0.5) is 5.69 Å². The van der Waals surface area contributed by atoms with Crippen LogP contribution in [0.5, 0.6) is 0 Å². The molecule has 1 amide bonds. The Morgan fingerprint density at radius 1 is 1.29 bits per heavy atom. The van der Waals surface area contributed by atoms with Crippen molar-refractivity contribution < 1.29 is 9.90 Å². The van der Waals surface area contributed by atoms with Crippen LogP contribution in [-0.2, 0) is 16.3 Å². The molecule has 0 saturated carbocycles. The second-order valence-corrected chi connectivity index (χ2v) is 3.10. The van der Waals surface area contributed by atoms with Gasteiger partial charge < -0.3 is 5.32 Å². The molecule has 1 aromatic carbocycles. The van der Waals surface area contributed by atoms with Crippen LogP contribution in [0.15, 0.2) is 24.3 Å². The summed E-state index contributed by atoms with van der Waals surface area (Å²) in [4.78, 5) is 10.9. The first-order valence-electron chi connectivity index (χ1n) is 4.29. The average molecular weight is 213 g/mol. The number of amides is 1. The molecule has 0 bridgehead atoms. The van der Waals surface area contributed by atoms with E-state index in [2.05, 4.69) is 5.32 Å². The number of nitrogens with one attached hydrogen (secondary N) is 1. The first-order valence-corrected chi connectivity index (χ1v) is 4.82. The number of halogens is 1. The first kappa shape index (κ1) is 11.0. The second-order valence-electron chi connectivity index (χ2n) is 2.83. The summed E-state index contributed by atoms with van der Waals surface area (Å²) in [7, 11) is 0. The van der Waals surface area contributed by atoms with Crippen molar-refractivity contribution in [3.8, 4) is 0 Å². The molecule has 1 rings (SSSR count). The van der Waals surface area contributed by atoms with Gasteiger partial charge in [0.2, 0.25) is 5.91 Å². The minimum atomic E-state index is -0.233. The normalized spacial score (nSPS) is 9.86. The topological polar surface area (TPSA) is 49.0 Å². The summed E-state index contributed by atoms with van der Waals surface area (Å²) in [6.45, 7) is -0.118. The maximum absolute atomic E-state index is 10.9. The van der Waals surface area contributed by atoms with E-state index in [0.717, 1.165) is 5.56 Å². The highest BCUT2D eigenvalue weighted by molar-refractivity contribution is 6.29. The van der Waals surface area contributed by atoms with Crippen LogP contribution < -0.4 is 5.32 Å². The molecule has 1 aromatic rings. The number of hydrogen-bond acceptors (Lipinski definition) is 1. The number of hydrogen-bond donors (Lipinski definition) is 1. The Bertz CT molecular complexity index is 297. The van der Waals surface area contributed by atoms with Gasteiger partial charge in [-0.1, -0.05) is 12.1 Å². The van der Waals surface area contributed by atoms with Gasteiger partial charge in [0.05, 0.1) is 6.61 Å². The van der Waals surface area contributed by atoms with E-state index in [9.17, 15) is 9.90 Å². The largest absolute Gasteiger partial charge is 0.325 e. The zero-order valence-corrected chi connectivity index (χ0v) is 8.38. The Kier molecular flexibility index (Phi) is 4.43. The zero-order chi connectivity index (χ0) is 10.4. The fourth-order valence-electron chi connectivity index (χ4n) is 1.07. The summed E-state index contributed by atoms with van der Waals surface area (Å²) in [6.07, 6.45) is 0.518. The number of carbonyl (C=O) groups excluding carboxylic acids is 1. The maximum atomic E-state index is 10.9. The third kappa shape index (κ3) is 3.36. The summed E-state index contributed by atoms with van der Waals surface area (Å²) in [5, 5.41) is 12.9. The minimum Gasteiger partial charge on any atom is -0.325 e. The van der Waals surface area contributed by atoms with Crippen LogP contribution in [0.2, 0.25) is 0 Å². The molecule has 0 atom stereocenters. The van der Waals surface area contributed by atoms with Crippen molar-refractivity contribution in [3.63, 3.8) is 0 Å². The number of carbonyl (C=O) groups is 1. The molecule has 0 aliphatic carbocycles. The first-order chi connectivity index (χ1) is 6.76. The van der Waals surface area contributed by atoms with Gasteiger partial charge in [0, 0.05) is 5.69 Å². The van der Waals surface area contributed by atoms with Crippen LogP contribution in [-0.4, -0.2) is 18.4 Å². The van der Waals surface area contributed by atoms with Crippen LogP contribution >= 0.6 is 11.6 Å². The van der Waals surface area contributed by atoms with Crippen molar-refractivity contribution in [1.29, 1.82) is 0 Å². The highest BCUT2D eigenvalue weighted by Crippen LogP contribution is 2.09. The van der Waals surface area contributed by atoms with E-state index < -0.39 is 0 Å². The smallest absolute Gasteiger partial charge is 0.239 e. The lowest BCUT2D eigenvalue weighted by atomic mass is 10.1. The lowest BCUT2D eigenvalue weighted by Crippen LogP contribution is -2.12. The Balaban J connectivity index is 2.59. The molecule has 1 radical (unpaired) electrons. The fourth-order valence-corrected chi connectivity index (χ4v) is 1.13. The van der Waals surface area contributed by atoms with E-state index in [1.54, 1.807) is 12.1 Å². The van der Waals surface area contributed by atoms with Crippen molar-refractivity contribution in [1.82, 2.24) is 0 Å². The molecular weight excluding hydrogens is 202 g/mol. The molecule has 0 aliphatic heterocycles. The van der Waals surface area contributed by atoms with Crippen molar-refractivity contribution in [2.75, 3.05) is 17.8 Å². The molecule has 0 unspecified atom stereocenters. The van der Waals surface area contributed by atoms with Gasteiger partial charge in [-0.3, -0.25) is 4.79 Å². The second kappa shape index (κ2) is 5.62. The van der Waals surface area contributed by atoms with Gasteiger partial charge in [-0.25, -0.2) is 5.11 Å². The molecule has 0 aromatic heterocycles. The van der Waals surface area contributed by atoms with Crippen LogP contribution in [0.1, 0.15) is 5.56 Å². The van der Waals surface area contributed by atoms with Crippen molar-refractivity contribution in [3.05, 3.63) is 29.8 Å². The molecular formula is C10H11ClNO2. The number of rotatable bonds is 4. The number of anilines is 1. The molecule has 0 heterocycles. The van der Waals surface area contributed by atoms with Crippen molar-refractivity contribution in [2.45, 2.75) is 6.42 Å². The van der Waals surface area contributed by atoms with Crippen molar-refractivity contribution >= 4 is 23.2 Å². The van der Waals surface area contributed by atoms with E-state index in [-0.39, 0.29) is 18.4 Å².